The van der Waals surface area contributed by atoms with Gasteiger partial charge in [0, 0.05) is 131 Å². The fraction of sp³-hybridized carbons (Fsp3) is 0.529. The van der Waals surface area contributed by atoms with Crippen LogP contribution in [0.25, 0.3) is 18.2 Å². The predicted octanol–water partition coefficient (Wildman–Crippen LogP) is 11.5. The van der Waals surface area contributed by atoms with E-state index in [-0.39, 0.29) is 51.6 Å². The highest BCUT2D eigenvalue weighted by Crippen LogP contribution is 2.40. The zero-order chi connectivity index (χ0) is 73.3. The van der Waals surface area contributed by atoms with Gasteiger partial charge in [-0.3, -0.25) is 24.2 Å². The number of imide groups is 1. The number of aliphatic hydroxyl groups excluding tert-OH is 1. The molecule has 0 aromatic carbocycles. The van der Waals surface area contributed by atoms with Crippen molar-refractivity contribution < 1.29 is 97.3 Å². The monoisotopic (exact) mass is 1370 g/mol. The zero-order valence-corrected chi connectivity index (χ0v) is 59.8. The number of nitrogens with zero attached hydrogens (tertiary/aromatic N) is 9. The Morgan fingerprint density at radius 3 is 1.40 bits per heavy atom. The molecule has 6 aliphatic heterocycles. The number of aromatic nitrogens is 3. The van der Waals surface area contributed by atoms with Gasteiger partial charge in [-0.1, -0.05) is 6.92 Å². The lowest BCUT2D eigenvalue weighted by Crippen LogP contribution is -2.51. The first-order valence-corrected chi connectivity index (χ1v) is 33.0. The first-order valence-electron chi connectivity index (χ1n) is 33.0. The molecule has 533 valence electrons. The van der Waals surface area contributed by atoms with Gasteiger partial charge in [0.05, 0.1) is 108 Å². The number of aromatic amines is 1. The molecule has 0 spiro atoms. The molecule has 0 saturated carbocycles. The molecule has 19 nitrogen and oxygen atoms in total. The minimum atomic E-state index is -4.16. The summed E-state index contributed by atoms with van der Waals surface area (Å²) in [6.07, 6.45) is 17.4. The van der Waals surface area contributed by atoms with Crippen molar-refractivity contribution in [3.05, 3.63) is 121 Å². The summed E-state index contributed by atoms with van der Waals surface area (Å²) >= 11 is 0. The topological polar surface area (TPSA) is 203 Å². The van der Waals surface area contributed by atoms with Crippen molar-refractivity contribution in [2.45, 2.75) is 152 Å². The van der Waals surface area contributed by atoms with Crippen LogP contribution in [0.1, 0.15) is 156 Å². The number of aliphatic hydroxyl groups is 1. The quantitative estimate of drug-likeness (QED) is 0.0291. The van der Waals surface area contributed by atoms with E-state index in [9.17, 15) is 28.3 Å². The van der Waals surface area contributed by atoms with Gasteiger partial charge in [0.15, 0.2) is 11.4 Å². The lowest BCUT2D eigenvalue weighted by Gasteiger charge is -2.31. The number of hydrogen-bond acceptors (Lipinski definition) is 8. The summed E-state index contributed by atoms with van der Waals surface area (Å²) in [6, 6.07) is 5.93. The Labute approximate surface area is 568 Å². The molecule has 4 N–H and O–H groups in total. The van der Waals surface area contributed by atoms with E-state index < -0.39 is 43.7 Å². The van der Waals surface area contributed by atoms with Gasteiger partial charge in [0.1, 0.15) is 11.4 Å². The Hall–Kier alpha value is -7.62. The fourth-order valence-corrected chi connectivity index (χ4v) is 12.2. The lowest BCUT2D eigenvalue weighted by molar-refractivity contribution is -0.870. The minimum Gasteiger partial charge on any atom is -0.481 e. The number of aryl methyl sites for hydroxylation is 6. The highest BCUT2D eigenvalue weighted by Gasteiger charge is 2.55. The molecule has 97 heavy (non-hydrogen) atoms. The number of hydroxylamine groups is 2. The Morgan fingerprint density at radius 1 is 0.619 bits per heavy atom. The highest BCUT2D eigenvalue weighted by molar-refractivity contribution is 6.58. The molecule has 1 fully saturated rings. The van der Waals surface area contributed by atoms with Gasteiger partial charge in [-0.15, -0.1) is 5.06 Å². The number of allylic oxidation sites excluding steroid dienone is 6. The fourth-order valence-electron chi connectivity index (χ4n) is 12.2. The SMILES string of the molecule is CC1=CC(CCC(=O)O)=N/C1=C\c1[nH]c(C)cc1CCC[N+](C)(C)C.CC1=CC(CCC(=O)O)=[N+]2C1=Cc1c(CCC[N+](C)(C)C)cc(C)n1[B-]2(F)F.CC1=CC(CCC(=O)ON2C(=O)CCC2=O)=[N+]2C1=Cc1c(CCC[N+](C)(C)C)cc(C)n1[B-]2(F)F.CCO.CC[B]F.FF. The van der Waals surface area contributed by atoms with Crippen LogP contribution in [0.15, 0.2) is 75.2 Å². The molecule has 0 unspecified atom stereocenters. The minimum absolute atomic E-state index is 0.00201. The van der Waals surface area contributed by atoms with Crippen LogP contribution in [0.2, 0.25) is 6.32 Å². The maximum Gasteiger partial charge on any atom is 0.737 e. The first-order chi connectivity index (χ1) is 45.2. The number of quaternary nitrogens is 3. The van der Waals surface area contributed by atoms with E-state index in [4.69, 9.17) is 29.3 Å². The molecule has 9 rings (SSSR count). The van der Waals surface area contributed by atoms with E-state index in [1.54, 1.807) is 53.7 Å². The van der Waals surface area contributed by atoms with Crippen molar-refractivity contribution in [1.29, 1.82) is 0 Å². The summed E-state index contributed by atoms with van der Waals surface area (Å²) in [6.45, 7) is 9.60. The average Bonchev–Trinajstić information content (AvgIpc) is 1.59. The van der Waals surface area contributed by atoms with Crippen LogP contribution in [-0.4, -0.2) is 215 Å². The smallest absolute Gasteiger partial charge is 0.481 e. The second-order valence-electron chi connectivity index (χ2n) is 28.2. The molecule has 1 radical (unpaired) electrons. The molecule has 2 amide bonds. The molecule has 3 aromatic heterocycles. The van der Waals surface area contributed by atoms with Crippen LogP contribution in [0.5, 0.6) is 0 Å². The van der Waals surface area contributed by atoms with Gasteiger partial charge in [-0.25, -0.2) is 4.79 Å². The van der Waals surface area contributed by atoms with Gasteiger partial charge in [0.2, 0.25) is 0 Å². The van der Waals surface area contributed by atoms with E-state index in [1.807, 2.05) is 37.3 Å². The molecule has 9 heterocycles. The standard InChI is InChI=1S/C24H32BF2N4O4.C20H28BF2N3O2.C20H29N3O2.C2H5BF.C2H6O.F2/c1-16-13-19(8-11-24(34)35-30-22(32)9-10-23(30)33)29-20(16)15-21-18(7-6-12-31(3,4)5)14-17(2)28(21)25(29,26)27;1-14-11-17(8-9-20(27)28)25-18(14)13-19-16(7-6-10-26(3,4)5)12-15(2)24(19)21(25,22)23;1-14-11-17(8-9-20(24)25)22-18(14)13-19-16(12-15(2)21-19)7-6-10-23(3,4)5;1-2-3-4;1-2-3;1-2/h13-15H,6-12H2,1-5H3;11-13H,6-10H2,1-5H3;11-13H,6-10H2,1-5H3,(H-,21,22,24,25);2H2,1H3;3H,2H2,1H3;/q+1;;;;;/p+2. The van der Waals surface area contributed by atoms with E-state index >= 15 is 17.3 Å². The summed E-state index contributed by atoms with van der Waals surface area (Å²) in [5.41, 5.74) is 13.5. The van der Waals surface area contributed by atoms with Crippen molar-refractivity contribution in [1.82, 2.24) is 19.0 Å². The number of carbonyl (C=O) groups is 5. The van der Waals surface area contributed by atoms with E-state index in [0.717, 1.165) is 128 Å². The molecular formula is C68H102B3F7N10O9+3. The van der Waals surface area contributed by atoms with Gasteiger partial charge >= 0.3 is 39.4 Å². The van der Waals surface area contributed by atoms with E-state index in [1.165, 1.54) is 5.56 Å². The normalized spacial score (nSPS) is 16.8. The number of nitrogens with one attached hydrogen (secondary N) is 1. The van der Waals surface area contributed by atoms with Crippen molar-refractivity contribution in [2.75, 3.05) is 89.7 Å². The molecule has 0 aliphatic carbocycles. The third-order valence-electron chi connectivity index (χ3n) is 16.6. The molecular weight excluding hydrogens is 1270 g/mol. The predicted molar refractivity (Wildman–Crippen MR) is 370 cm³/mol. The number of carbonyl (C=O) groups excluding carboxylic acids is 3. The van der Waals surface area contributed by atoms with Crippen LogP contribution in [0, 0.1) is 20.8 Å². The van der Waals surface area contributed by atoms with Crippen molar-refractivity contribution in [3.8, 4) is 0 Å². The van der Waals surface area contributed by atoms with Crippen LogP contribution >= 0.6 is 0 Å². The van der Waals surface area contributed by atoms with Crippen LogP contribution in [-0.2, 0) is 48.1 Å². The summed E-state index contributed by atoms with van der Waals surface area (Å²) in [7, 11) is 20.0. The molecule has 3 aromatic rings. The molecule has 6 aliphatic rings. The maximum absolute atomic E-state index is 16.0. The summed E-state index contributed by atoms with van der Waals surface area (Å²) in [5, 5.41) is 25.8. The molecule has 0 atom stereocenters. The van der Waals surface area contributed by atoms with Crippen LogP contribution in [0.4, 0.5) is 30.7 Å². The van der Waals surface area contributed by atoms with E-state index in [2.05, 4.69) is 92.5 Å². The third-order valence-corrected chi connectivity index (χ3v) is 16.6. The van der Waals surface area contributed by atoms with Gasteiger partial charge in [-0.05, 0) is 138 Å². The number of halogens is 7. The van der Waals surface area contributed by atoms with Crippen molar-refractivity contribution in [3.63, 3.8) is 0 Å². The Bertz CT molecular complexity index is 3650. The summed E-state index contributed by atoms with van der Waals surface area (Å²) in [4.78, 5) is 70.2. The number of aliphatic imine (C=N–C) groups is 1. The van der Waals surface area contributed by atoms with Crippen molar-refractivity contribution in [2.24, 2.45) is 4.99 Å². The van der Waals surface area contributed by atoms with Crippen molar-refractivity contribution >= 4 is 86.6 Å². The number of rotatable bonds is 24. The number of amides is 2. The number of aliphatic carboxylic acids is 2. The number of carboxylic acids is 2. The van der Waals surface area contributed by atoms with E-state index in [0.29, 0.717) is 82.9 Å². The number of fused-ring (bicyclic) bond motifs is 4. The zero-order valence-electron chi connectivity index (χ0n) is 59.8. The Kier molecular flexibility index (Phi) is 29.7. The third kappa shape index (κ3) is 22.7. The van der Waals surface area contributed by atoms with Gasteiger partial charge in [0.25, 0.3) is 11.8 Å². The highest BCUT2D eigenvalue weighted by atomic mass is 20.0. The van der Waals surface area contributed by atoms with Gasteiger partial charge in [-0.2, -0.15) is 0 Å². The molecule has 1 saturated heterocycles. The van der Waals surface area contributed by atoms with Crippen LogP contribution < -0.4 is 0 Å². The largest absolute Gasteiger partial charge is 0.737 e. The van der Waals surface area contributed by atoms with Gasteiger partial charge < -0.3 is 78.1 Å². The maximum atomic E-state index is 16.0. The Morgan fingerprint density at radius 2 is 1.01 bits per heavy atom. The molecule has 29 heteroatoms. The lowest BCUT2D eigenvalue weighted by atomic mass is 9.89. The van der Waals surface area contributed by atoms with Crippen LogP contribution in [0.3, 0.4) is 0 Å². The number of H-pyrrole nitrogens is 1. The number of hydrogen-bond donors (Lipinski definition) is 4. The second-order valence-corrected chi connectivity index (χ2v) is 28.2. The molecule has 0 bridgehead atoms. The Balaban J connectivity index is 0.000000295. The first kappa shape index (κ1) is 81.8. The average molecular weight is 1370 g/mol. The second kappa shape index (κ2) is 35.2. The summed E-state index contributed by atoms with van der Waals surface area (Å²) in [5.74, 6) is -3.73. The summed E-state index contributed by atoms with van der Waals surface area (Å²) < 4.78 is 96.7. The number of carboxylic acid groups (broad SMARTS) is 2.